The van der Waals surface area contributed by atoms with Crippen LogP contribution in [-0.2, 0) is 0 Å². The average molecular weight is 405 g/mol. The van der Waals surface area contributed by atoms with Gasteiger partial charge in [0.25, 0.3) is 0 Å². The van der Waals surface area contributed by atoms with Gasteiger partial charge in [-0.25, -0.2) is 5.43 Å². The van der Waals surface area contributed by atoms with Crippen molar-refractivity contribution in [2.24, 2.45) is 0 Å². The molecule has 0 spiro atoms. The highest BCUT2D eigenvalue weighted by Gasteiger charge is 2.14. The molecule has 0 saturated carbocycles. The quantitative estimate of drug-likeness (QED) is 0.233. The van der Waals surface area contributed by atoms with Crippen LogP contribution in [-0.4, -0.2) is 26.2 Å². The van der Waals surface area contributed by atoms with Gasteiger partial charge in [-0.15, -0.1) is 0 Å². The van der Waals surface area contributed by atoms with Crippen molar-refractivity contribution in [3.05, 3.63) is 45.8 Å². The van der Waals surface area contributed by atoms with Crippen LogP contribution < -0.4 is 31.9 Å². The lowest BCUT2D eigenvalue weighted by atomic mass is 9.92. The SMILES string of the molecule is C=c1c2c(C)ccc(C)c2c(=C)c2c(NNCCC)ccc(NCCNCCC)c12. The summed E-state index contributed by atoms with van der Waals surface area (Å²) in [6.07, 6.45) is 2.21. The first kappa shape index (κ1) is 22.1. The Morgan fingerprint density at radius 1 is 0.667 bits per heavy atom. The maximum atomic E-state index is 4.54. The van der Waals surface area contributed by atoms with Crippen molar-refractivity contribution in [1.29, 1.82) is 0 Å². The zero-order valence-corrected chi connectivity index (χ0v) is 19.0. The van der Waals surface area contributed by atoms with E-state index < -0.39 is 0 Å². The first-order valence-electron chi connectivity index (χ1n) is 11.1. The Kier molecular flexibility index (Phi) is 7.35. The standard InChI is InChI=1S/C26H36N4/c1-7-13-27-15-16-28-21-11-12-22(30-29-14-8-2)26-20(6)24-18(4)10-9-17(3)23(24)19(5)25(21)26/h9-12,27-30H,5-8,13-16H2,1-4H3. The third kappa shape index (κ3) is 4.30. The van der Waals surface area contributed by atoms with Gasteiger partial charge in [0.15, 0.2) is 0 Å². The molecule has 0 heterocycles. The number of hydrazine groups is 1. The van der Waals surface area contributed by atoms with Crippen LogP contribution in [0, 0.1) is 13.8 Å². The summed E-state index contributed by atoms with van der Waals surface area (Å²) in [4.78, 5) is 0. The van der Waals surface area contributed by atoms with Gasteiger partial charge in [0.05, 0.1) is 5.69 Å². The van der Waals surface area contributed by atoms with Crippen LogP contribution in [0.1, 0.15) is 37.8 Å². The highest BCUT2D eigenvalue weighted by Crippen LogP contribution is 2.29. The fourth-order valence-corrected chi connectivity index (χ4v) is 4.19. The molecule has 0 aliphatic heterocycles. The Bertz CT molecular complexity index is 1130. The molecule has 0 aromatic heterocycles. The van der Waals surface area contributed by atoms with Crippen LogP contribution in [0.5, 0.6) is 0 Å². The first-order valence-corrected chi connectivity index (χ1v) is 11.1. The van der Waals surface area contributed by atoms with Gasteiger partial charge < -0.3 is 16.1 Å². The lowest BCUT2D eigenvalue weighted by Gasteiger charge is -2.19. The normalized spacial score (nSPS) is 11.3. The molecule has 4 N–H and O–H groups in total. The number of aryl methyl sites for hydroxylation is 2. The second-order valence-electron chi connectivity index (χ2n) is 8.05. The van der Waals surface area contributed by atoms with E-state index in [1.54, 1.807) is 0 Å². The van der Waals surface area contributed by atoms with Crippen molar-refractivity contribution in [2.75, 3.05) is 36.9 Å². The van der Waals surface area contributed by atoms with Crippen molar-refractivity contribution in [2.45, 2.75) is 40.5 Å². The molecule has 4 nitrogen and oxygen atoms in total. The van der Waals surface area contributed by atoms with Crippen molar-refractivity contribution >= 4 is 46.1 Å². The van der Waals surface area contributed by atoms with E-state index in [-0.39, 0.29) is 0 Å². The van der Waals surface area contributed by atoms with Gasteiger partial charge in [-0.05, 0) is 77.7 Å². The Morgan fingerprint density at radius 3 is 1.83 bits per heavy atom. The van der Waals surface area contributed by atoms with E-state index in [9.17, 15) is 0 Å². The molecule has 0 radical (unpaired) electrons. The molecule has 0 aliphatic carbocycles. The minimum atomic E-state index is 0.868. The van der Waals surface area contributed by atoms with Crippen LogP contribution in [0.25, 0.3) is 34.7 Å². The summed E-state index contributed by atoms with van der Waals surface area (Å²) in [5.41, 5.74) is 11.4. The number of benzene rings is 3. The summed E-state index contributed by atoms with van der Waals surface area (Å²) in [6, 6.07) is 8.66. The molecule has 3 aromatic carbocycles. The predicted octanol–water partition coefficient (Wildman–Crippen LogP) is 4.17. The smallest absolute Gasteiger partial charge is 0.0573 e. The van der Waals surface area contributed by atoms with E-state index in [0.717, 1.165) is 71.6 Å². The summed E-state index contributed by atoms with van der Waals surface area (Å²) in [7, 11) is 0. The van der Waals surface area contributed by atoms with Gasteiger partial charge in [0.1, 0.15) is 0 Å². The second kappa shape index (κ2) is 9.96. The Balaban J connectivity index is 2.21. The van der Waals surface area contributed by atoms with Crippen LogP contribution in [0.4, 0.5) is 11.4 Å². The molecule has 30 heavy (non-hydrogen) atoms. The number of rotatable bonds is 10. The molecule has 3 aromatic rings. The number of anilines is 2. The topological polar surface area (TPSA) is 48.1 Å². The Morgan fingerprint density at radius 2 is 1.23 bits per heavy atom. The minimum Gasteiger partial charge on any atom is -0.383 e. The van der Waals surface area contributed by atoms with Crippen molar-refractivity contribution in [1.82, 2.24) is 10.7 Å². The monoisotopic (exact) mass is 404 g/mol. The Hall–Kier alpha value is -2.56. The largest absolute Gasteiger partial charge is 0.383 e. The van der Waals surface area contributed by atoms with Crippen LogP contribution >= 0.6 is 0 Å². The number of hydrogen-bond donors (Lipinski definition) is 4. The predicted molar refractivity (Wildman–Crippen MR) is 135 cm³/mol. The number of nitrogens with one attached hydrogen (secondary N) is 4. The van der Waals surface area contributed by atoms with Crippen molar-refractivity contribution in [3.8, 4) is 0 Å². The highest BCUT2D eigenvalue weighted by atomic mass is 15.3. The van der Waals surface area contributed by atoms with Crippen LogP contribution in [0.2, 0.25) is 0 Å². The van der Waals surface area contributed by atoms with Gasteiger partial charge in [0, 0.05) is 36.1 Å². The fraction of sp³-hybridized carbons (Fsp3) is 0.385. The molecule has 0 atom stereocenters. The van der Waals surface area contributed by atoms with Gasteiger partial charge in [-0.1, -0.05) is 39.1 Å². The third-order valence-corrected chi connectivity index (χ3v) is 5.68. The molecular formula is C26H36N4. The lowest BCUT2D eigenvalue weighted by Crippen LogP contribution is -2.26. The summed E-state index contributed by atoms with van der Waals surface area (Å²) in [6.45, 7) is 21.5. The van der Waals surface area contributed by atoms with Gasteiger partial charge >= 0.3 is 0 Å². The van der Waals surface area contributed by atoms with Gasteiger partial charge in [-0.3, -0.25) is 0 Å². The average Bonchev–Trinajstić information content (AvgIpc) is 2.74. The van der Waals surface area contributed by atoms with E-state index >= 15 is 0 Å². The molecule has 4 heteroatoms. The van der Waals surface area contributed by atoms with E-state index in [1.807, 2.05) is 0 Å². The molecular weight excluding hydrogens is 368 g/mol. The summed E-state index contributed by atoms with van der Waals surface area (Å²) >= 11 is 0. The second-order valence-corrected chi connectivity index (χ2v) is 8.05. The van der Waals surface area contributed by atoms with Gasteiger partial charge in [0.2, 0.25) is 0 Å². The highest BCUT2D eigenvalue weighted by molar-refractivity contribution is 6.11. The molecule has 0 unspecified atom stereocenters. The molecule has 0 amide bonds. The number of hydrogen-bond acceptors (Lipinski definition) is 4. The van der Waals surface area contributed by atoms with E-state index in [1.165, 1.54) is 21.9 Å². The minimum absolute atomic E-state index is 0.868. The summed E-state index contributed by atoms with van der Waals surface area (Å²) < 4.78 is 0. The molecule has 0 fully saturated rings. The number of fused-ring (bicyclic) bond motifs is 2. The lowest BCUT2D eigenvalue weighted by molar-refractivity contribution is 0.688. The summed E-state index contributed by atoms with van der Waals surface area (Å²) in [5.74, 6) is 0. The van der Waals surface area contributed by atoms with E-state index in [0.29, 0.717) is 0 Å². The van der Waals surface area contributed by atoms with Gasteiger partial charge in [-0.2, -0.15) is 0 Å². The fourth-order valence-electron chi connectivity index (χ4n) is 4.19. The zero-order chi connectivity index (χ0) is 21.7. The van der Waals surface area contributed by atoms with E-state index in [2.05, 4.69) is 86.6 Å². The molecule has 160 valence electrons. The zero-order valence-electron chi connectivity index (χ0n) is 19.0. The molecule has 0 saturated heterocycles. The third-order valence-electron chi connectivity index (χ3n) is 5.68. The van der Waals surface area contributed by atoms with E-state index in [4.69, 9.17) is 0 Å². The first-order chi connectivity index (χ1) is 14.5. The van der Waals surface area contributed by atoms with Crippen molar-refractivity contribution < 1.29 is 0 Å². The molecule has 3 rings (SSSR count). The maximum absolute atomic E-state index is 4.54. The molecule has 0 bridgehead atoms. The Labute approximate surface area is 180 Å². The molecule has 0 aliphatic rings. The summed E-state index contributed by atoms with van der Waals surface area (Å²) in [5, 5.41) is 13.9. The van der Waals surface area contributed by atoms with Crippen LogP contribution in [0.15, 0.2) is 24.3 Å². The van der Waals surface area contributed by atoms with Crippen LogP contribution in [0.3, 0.4) is 0 Å². The van der Waals surface area contributed by atoms with Crippen molar-refractivity contribution in [3.63, 3.8) is 0 Å². The maximum Gasteiger partial charge on any atom is 0.0573 e.